The van der Waals surface area contributed by atoms with Gasteiger partial charge in [0.05, 0.1) is 0 Å². The normalized spacial score (nSPS) is 30.6. The quantitative estimate of drug-likeness (QED) is 0.715. The van der Waals surface area contributed by atoms with Gasteiger partial charge in [-0.3, -0.25) is 4.98 Å². The summed E-state index contributed by atoms with van der Waals surface area (Å²) in [7, 11) is 0. The Kier molecular flexibility index (Phi) is 3.32. The Morgan fingerprint density at radius 3 is 2.75 bits per heavy atom. The highest BCUT2D eigenvalue weighted by Crippen LogP contribution is 2.50. The number of nitrogens with zero attached hydrogens (tertiary/aromatic N) is 1. The van der Waals surface area contributed by atoms with E-state index in [1.165, 1.54) is 31.4 Å². The molecule has 0 radical (unpaired) electrons. The van der Waals surface area contributed by atoms with Crippen LogP contribution in [0.25, 0.3) is 0 Å². The van der Waals surface area contributed by atoms with Crippen molar-refractivity contribution in [2.24, 2.45) is 11.3 Å². The Hall–Kier alpha value is -0.850. The van der Waals surface area contributed by atoms with E-state index in [9.17, 15) is 0 Å². The highest BCUT2D eigenvalue weighted by molar-refractivity contribution is 5.14. The van der Waals surface area contributed by atoms with Crippen LogP contribution in [0.4, 0.5) is 0 Å². The molecule has 88 valence electrons. The van der Waals surface area contributed by atoms with Crippen molar-refractivity contribution in [3.63, 3.8) is 0 Å². The summed E-state index contributed by atoms with van der Waals surface area (Å²) in [5.41, 5.74) is 1.74. The van der Waals surface area contributed by atoms with E-state index < -0.39 is 0 Å². The topological polar surface area (TPSA) is 12.9 Å². The third-order valence-corrected chi connectivity index (χ3v) is 4.62. The molecule has 1 fully saturated rings. The summed E-state index contributed by atoms with van der Waals surface area (Å²) in [4.78, 5) is 4.58. The standard InChI is InChI=1S/C15H23N/c1-12(2)15(3)10-6-4-8-13(15)14-9-5-7-11-16-14/h5,7,9,11-13H,4,6,8,10H2,1-3H3. The zero-order valence-corrected chi connectivity index (χ0v) is 10.7. The summed E-state index contributed by atoms with van der Waals surface area (Å²) >= 11 is 0. The molecule has 0 aliphatic heterocycles. The third-order valence-electron chi connectivity index (χ3n) is 4.62. The van der Waals surface area contributed by atoms with E-state index in [0.717, 1.165) is 5.92 Å². The molecule has 2 atom stereocenters. The molecule has 1 nitrogen and oxygen atoms in total. The van der Waals surface area contributed by atoms with E-state index in [4.69, 9.17) is 0 Å². The maximum atomic E-state index is 4.58. The molecule has 1 heteroatoms. The molecule has 2 unspecified atom stereocenters. The van der Waals surface area contributed by atoms with Crippen molar-refractivity contribution >= 4 is 0 Å². The van der Waals surface area contributed by atoms with Gasteiger partial charge < -0.3 is 0 Å². The largest absolute Gasteiger partial charge is 0.261 e. The van der Waals surface area contributed by atoms with E-state index in [2.05, 4.69) is 37.9 Å². The Balaban J connectivity index is 2.30. The van der Waals surface area contributed by atoms with Crippen molar-refractivity contribution in [3.05, 3.63) is 30.1 Å². The molecular formula is C15H23N. The minimum Gasteiger partial charge on any atom is -0.261 e. The lowest BCUT2D eigenvalue weighted by Gasteiger charge is -2.44. The van der Waals surface area contributed by atoms with Gasteiger partial charge in [0.2, 0.25) is 0 Å². The van der Waals surface area contributed by atoms with Gasteiger partial charge in [-0.05, 0) is 36.3 Å². The molecule has 2 rings (SSSR count). The van der Waals surface area contributed by atoms with Crippen molar-refractivity contribution in [2.45, 2.75) is 52.4 Å². The highest BCUT2D eigenvalue weighted by atomic mass is 14.7. The first-order valence-electron chi connectivity index (χ1n) is 6.55. The Morgan fingerprint density at radius 1 is 1.31 bits per heavy atom. The van der Waals surface area contributed by atoms with Crippen molar-refractivity contribution in [2.75, 3.05) is 0 Å². The molecule has 1 aromatic rings. The van der Waals surface area contributed by atoms with Crippen molar-refractivity contribution in [1.82, 2.24) is 4.98 Å². The van der Waals surface area contributed by atoms with Gasteiger partial charge in [0.15, 0.2) is 0 Å². The van der Waals surface area contributed by atoms with Gasteiger partial charge in [0, 0.05) is 17.8 Å². The van der Waals surface area contributed by atoms with Crippen molar-refractivity contribution in [3.8, 4) is 0 Å². The molecule has 16 heavy (non-hydrogen) atoms. The third kappa shape index (κ3) is 2.00. The molecule has 0 N–H and O–H groups in total. The van der Waals surface area contributed by atoms with Crippen LogP contribution in [-0.4, -0.2) is 4.98 Å². The van der Waals surface area contributed by atoms with Gasteiger partial charge in [0.25, 0.3) is 0 Å². The molecule has 1 aromatic heterocycles. The molecular weight excluding hydrogens is 194 g/mol. The molecule has 0 amide bonds. The molecule has 0 bridgehead atoms. The second-order valence-corrected chi connectivity index (χ2v) is 5.71. The zero-order valence-electron chi connectivity index (χ0n) is 10.7. The van der Waals surface area contributed by atoms with Crippen LogP contribution in [0.5, 0.6) is 0 Å². The van der Waals surface area contributed by atoms with E-state index in [1.807, 2.05) is 12.3 Å². The lowest BCUT2D eigenvalue weighted by Crippen LogP contribution is -2.34. The van der Waals surface area contributed by atoms with E-state index in [-0.39, 0.29) is 0 Å². The van der Waals surface area contributed by atoms with Gasteiger partial charge in [-0.15, -0.1) is 0 Å². The zero-order chi connectivity index (χ0) is 11.6. The van der Waals surface area contributed by atoms with Gasteiger partial charge >= 0.3 is 0 Å². The Labute approximate surface area is 99.3 Å². The van der Waals surface area contributed by atoms with Gasteiger partial charge in [-0.2, -0.15) is 0 Å². The Morgan fingerprint density at radius 2 is 2.12 bits per heavy atom. The van der Waals surface area contributed by atoms with Gasteiger partial charge in [-0.25, -0.2) is 0 Å². The summed E-state index contributed by atoms with van der Waals surface area (Å²) in [5.74, 6) is 1.39. The summed E-state index contributed by atoms with van der Waals surface area (Å²) in [6.07, 6.45) is 7.35. The van der Waals surface area contributed by atoms with Crippen molar-refractivity contribution in [1.29, 1.82) is 0 Å². The monoisotopic (exact) mass is 217 g/mol. The number of pyridine rings is 1. The minimum atomic E-state index is 0.437. The maximum Gasteiger partial charge on any atom is 0.0440 e. The average Bonchev–Trinajstić information content (AvgIpc) is 2.30. The predicted molar refractivity (Wildman–Crippen MR) is 68.4 cm³/mol. The van der Waals surface area contributed by atoms with Crippen LogP contribution in [0.3, 0.4) is 0 Å². The number of aromatic nitrogens is 1. The van der Waals surface area contributed by atoms with Crippen LogP contribution >= 0.6 is 0 Å². The van der Waals surface area contributed by atoms with Crippen LogP contribution < -0.4 is 0 Å². The first kappa shape index (κ1) is 11.6. The molecule has 0 aromatic carbocycles. The van der Waals surface area contributed by atoms with Crippen LogP contribution in [0.2, 0.25) is 0 Å². The molecule has 0 saturated heterocycles. The van der Waals surface area contributed by atoms with Crippen molar-refractivity contribution < 1.29 is 0 Å². The molecule has 1 heterocycles. The fraction of sp³-hybridized carbons (Fsp3) is 0.667. The fourth-order valence-electron chi connectivity index (χ4n) is 3.12. The van der Waals surface area contributed by atoms with E-state index in [0.29, 0.717) is 11.3 Å². The van der Waals surface area contributed by atoms with Crippen LogP contribution in [0.15, 0.2) is 24.4 Å². The van der Waals surface area contributed by atoms with Crippen LogP contribution in [0, 0.1) is 11.3 Å². The first-order valence-corrected chi connectivity index (χ1v) is 6.55. The molecule has 1 aliphatic carbocycles. The maximum absolute atomic E-state index is 4.58. The lowest BCUT2D eigenvalue weighted by atomic mass is 9.61. The highest BCUT2D eigenvalue weighted by Gasteiger charge is 2.40. The molecule has 1 saturated carbocycles. The average molecular weight is 217 g/mol. The van der Waals surface area contributed by atoms with Crippen LogP contribution in [-0.2, 0) is 0 Å². The number of rotatable bonds is 2. The van der Waals surface area contributed by atoms with Gasteiger partial charge in [0.1, 0.15) is 0 Å². The Bertz CT molecular complexity index is 331. The summed E-state index contributed by atoms with van der Waals surface area (Å²) < 4.78 is 0. The first-order chi connectivity index (χ1) is 7.64. The van der Waals surface area contributed by atoms with Gasteiger partial charge in [-0.1, -0.05) is 39.7 Å². The summed E-state index contributed by atoms with van der Waals surface area (Å²) in [6.45, 7) is 7.18. The van der Waals surface area contributed by atoms with E-state index >= 15 is 0 Å². The number of hydrogen-bond donors (Lipinski definition) is 0. The predicted octanol–water partition coefficient (Wildman–Crippen LogP) is 4.40. The minimum absolute atomic E-state index is 0.437. The second kappa shape index (κ2) is 4.57. The smallest absolute Gasteiger partial charge is 0.0440 e. The second-order valence-electron chi connectivity index (χ2n) is 5.71. The van der Waals surface area contributed by atoms with Crippen LogP contribution in [0.1, 0.15) is 58.1 Å². The summed E-state index contributed by atoms with van der Waals surface area (Å²) in [5, 5.41) is 0. The molecule has 1 aliphatic rings. The van der Waals surface area contributed by atoms with E-state index in [1.54, 1.807) is 0 Å². The molecule has 0 spiro atoms. The number of hydrogen-bond acceptors (Lipinski definition) is 1. The fourth-order valence-corrected chi connectivity index (χ4v) is 3.12. The lowest BCUT2D eigenvalue weighted by molar-refractivity contribution is 0.106. The SMILES string of the molecule is CC(C)C1(C)CCCCC1c1ccccn1. The summed E-state index contributed by atoms with van der Waals surface area (Å²) in [6, 6.07) is 6.34.